The highest BCUT2D eigenvalue weighted by molar-refractivity contribution is 7.79. The lowest BCUT2D eigenvalue weighted by Gasteiger charge is -2.47. The van der Waals surface area contributed by atoms with Gasteiger partial charge in [-0.25, -0.2) is 29.7 Å². The number of aromatic amines is 1. The van der Waals surface area contributed by atoms with Gasteiger partial charge in [0.15, 0.2) is 18.7 Å². The Morgan fingerprint density at radius 3 is 2.02 bits per heavy atom. The summed E-state index contributed by atoms with van der Waals surface area (Å²) in [4.78, 5) is 131. The number of aromatic nitrogens is 6. The molecule has 4 aromatic heterocycles. The van der Waals surface area contributed by atoms with Crippen molar-refractivity contribution < 1.29 is 120 Å². The number of H-pyrrole nitrogens is 1. The lowest BCUT2D eigenvalue weighted by molar-refractivity contribution is -0.372. The largest absolute Gasteiger partial charge is 0.441 e. The van der Waals surface area contributed by atoms with Gasteiger partial charge in [-0.2, -0.15) is 8.42 Å². The molecular formula is C61H90N18O25S3. The van der Waals surface area contributed by atoms with Gasteiger partial charge in [-0.1, -0.05) is 37.3 Å². The number of carbonyl (C=O) groups excluding carboxylic acids is 8. The van der Waals surface area contributed by atoms with Crippen LogP contribution in [-0.2, 0) is 64.5 Å². The summed E-state index contributed by atoms with van der Waals surface area (Å²) in [5, 5.41) is 112. The van der Waals surface area contributed by atoms with Crippen molar-refractivity contribution in [3.05, 3.63) is 92.7 Å². The molecule has 0 spiro atoms. The third-order valence-corrected chi connectivity index (χ3v) is 18.4. The van der Waals surface area contributed by atoms with E-state index < -0.39 is 193 Å². The number of primary amides is 3. The maximum atomic E-state index is 15.2. The van der Waals surface area contributed by atoms with Crippen LogP contribution in [0.5, 0.6) is 0 Å². The van der Waals surface area contributed by atoms with Gasteiger partial charge in [0, 0.05) is 54.8 Å². The Hall–Kier alpha value is -8.60. The highest BCUT2D eigenvalue weighted by atomic mass is 32.3. The maximum absolute atomic E-state index is 15.2. The van der Waals surface area contributed by atoms with Crippen LogP contribution in [0.25, 0.3) is 10.7 Å². The summed E-state index contributed by atoms with van der Waals surface area (Å²) in [6.45, 7) is 5.81. The number of aliphatic hydroxyl groups excluding tert-OH is 8. The molecule has 0 aliphatic carbocycles. The Balaban J connectivity index is 0.00000346. The second-order valence-electron chi connectivity index (χ2n) is 24.7. The summed E-state index contributed by atoms with van der Waals surface area (Å²) in [5.74, 6) is -8.75. The average Bonchev–Trinajstić information content (AvgIpc) is 1.00. The number of thiazole rings is 2. The van der Waals surface area contributed by atoms with Crippen molar-refractivity contribution in [1.82, 2.24) is 67.1 Å². The molecule has 0 radical (unpaired) electrons. The number of aliphatic hydroxyl groups is 8. The van der Waals surface area contributed by atoms with Gasteiger partial charge >= 0.3 is 16.5 Å². The Kier molecular flexibility index (Phi) is 33.1. The van der Waals surface area contributed by atoms with Crippen LogP contribution in [0, 0.1) is 12.8 Å². The van der Waals surface area contributed by atoms with E-state index in [9.17, 15) is 74.4 Å². The van der Waals surface area contributed by atoms with Gasteiger partial charge in [0.05, 0.1) is 72.7 Å². The zero-order valence-electron chi connectivity index (χ0n) is 58.1. The number of nitrogen functional groups attached to an aromatic ring is 1. The standard InChI is InChI=1S/C61H88N18O21S2.H2O4S/c1-24-39(76-52(79-50(24)64)31(16-37(63)83)71-17-30(62)51(65)89)56(93)78-41(47(32-18-67-23-72-32)98-60-49(45(87)43(85)35(19-80)97-60)99-59-46(88)48(100-61(66)95)44(86)36(20-81)96-59)57(94)73-27(4)42(84)25(2)53(90)77-40(28(5)82)55(92)70-15-12-38-74-34(22-101-38)58-75-33(21-102-58)54(91)69-14-9-13-68-26(3)29-10-7-6-8-11-29;1-5(2,3)4/h6-8,10-11,18,21-23,25-28,30-31,35-36,40-49,59-60,68,71,80-82,84-88H,9,12-17,19-20,62H2,1-5H3,(H2,63,83)(H2,65,89)(H2,66,95)(H,67,72)(H,69,91)(H,70,92)(H,73,94)(H,77,90)(H,78,93)(H2,64,76,79);(H2,1,2,3,4)/t25?,26-,27?,28?,30?,31?,35-,36+,40?,41?,42?,43+,44-,45-,46-,47?,48-,49-,59+,60-;/m0./s1. The molecule has 6 heterocycles. The molecule has 43 nitrogen and oxygen atoms in total. The lowest BCUT2D eigenvalue weighted by atomic mass is 9.96. The number of anilines is 1. The Bertz CT molecular complexity index is 3880. The van der Waals surface area contributed by atoms with E-state index in [0.29, 0.717) is 35.2 Å². The average molecular weight is 1570 g/mol. The summed E-state index contributed by atoms with van der Waals surface area (Å²) < 4.78 is 60.4. The molecule has 592 valence electrons. The molecule has 2 fully saturated rings. The van der Waals surface area contributed by atoms with Crippen molar-refractivity contribution in [2.75, 3.05) is 45.1 Å². The molecule has 2 aliphatic rings. The highest BCUT2D eigenvalue weighted by Gasteiger charge is 2.54. The first-order chi connectivity index (χ1) is 50.4. The van der Waals surface area contributed by atoms with Crippen molar-refractivity contribution in [3.8, 4) is 10.7 Å². The summed E-state index contributed by atoms with van der Waals surface area (Å²) in [6, 6.07) is 2.26. The summed E-state index contributed by atoms with van der Waals surface area (Å²) >= 11 is 2.50. The van der Waals surface area contributed by atoms with Gasteiger partial charge in [0.1, 0.15) is 94.6 Å². The predicted octanol–water partition coefficient (Wildman–Crippen LogP) is -6.88. The van der Waals surface area contributed by atoms with Crippen LogP contribution in [0.2, 0.25) is 0 Å². The van der Waals surface area contributed by atoms with Crippen molar-refractivity contribution in [2.45, 2.75) is 170 Å². The number of nitrogens with zero attached hydrogens (tertiary/aromatic N) is 5. The van der Waals surface area contributed by atoms with Crippen LogP contribution in [0.3, 0.4) is 0 Å². The Morgan fingerprint density at radius 2 is 1.40 bits per heavy atom. The minimum Gasteiger partial charge on any atom is -0.441 e. The van der Waals surface area contributed by atoms with Crippen LogP contribution in [0.1, 0.15) is 107 Å². The minimum atomic E-state index is -4.67. The van der Waals surface area contributed by atoms with Gasteiger partial charge in [-0.05, 0) is 46.2 Å². The second kappa shape index (κ2) is 40.6. The number of ether oxygens (including phenoxy) is 5. The molecule has 2 aliphatic heterocycles. The summed E-state index contributed by atoms with van der Waals surface area (Å²) in [5.41, 5.74) is 29.2. The molecule has 8 amide bonds. The third-order valence-electron chi connectivity index (χ3n) is 16.7. The van der Waals surface area contributed by atoms with Gasteiger partial charge < -0.3 is 135 Å². The van der Waals surface area contributed by atoms with Gasteiger partial charge in [-0.15, -0.1) is 22.7 Å². The number of rotatable bonds is 37. The van der Waals surface area contributed by atoms with Crippen LogP contribution < -0.4 is 65.9 Å². The van der Waals surface area contributed by atoms with Gasteiger partial charge in [-0.3, -0.25) is 42.7 Å². The van der Waals surface area contributed by atoms with Crippen molar-refractivity contribution >= 4 is 86.3 Å². The zero-order chi connectivity index (χ0) is 79.3. The fraction of sp³-hybridized carbons (Fsp3) is 0.557. The second-order valence-corrected chi connectivity index (χ2v) is 27.4. The molecule has 7 rings (SSSR count). The quantitative estimate of drug-likeness (QED) is 0.0130. The molecule has 9 unspecified atom stereocenters. The number of benzene rings is 1. The molecule has 2 saturated heterocycles. The van der Waals surface area contributed by atoms with Crippen LogP contribution in [-0.4, -0.2) is 273 Å². The van der Waals surface area contributed by atoms with E-state index in [1.807, 2.05) is 30.3 Å². The monoisotopic (exact) mass is 1570 g/mol. The van der Waals surface area contributed by atoms with Crippen LogP contribution >= 0.6 is 22.7 Å². The van der Waals surface area contributed by atoms with Crippen molar-refractivity contribution in [2.24, 2.45) is 28.9 Å². The number of carbonyl (C=O) groups is 8. The molecule has 0 saturated carbocycles. The highest BCUT2D eigenvalue weighted by Crippen LogP contribution is 2.35. The van der Waals surface area contributed by atoms with Crippen molar-refractivity contribution in [3.63, 3.8) is 0 Å². The number of hydrogen-bond donors (Lipinski definition) is 23. The Morgan fingerprint density at radius 1 is 0.738 bits per heavy atom. The predicted molar refractivity (Wildman–Crippen MR) is 372 cm³/mol. The van der Waals surface area contributed by atoms with E-state index in [2.05, 4.69) is 74.0 Å². The van der Waals surface area contributed by atoms with Gasteiger partial charge in [0.25, 0.3) is 11.8 Å². The molecule has 0 bridgehead atoms. The molecule has 1 aromatic carbocycles. The number of imidazole rings is 1. The van der Waals surface area contributed by atoms with E-state index in [4.69, 9.17) is 69.9 Å². The molecule has 107 heavy (non-hydrogen) atoms. The number of nitrogens with one attached hydrogen (secondary N) is 8. The third kappa shape index (κ3) is 25.2. The Labute approximate surface area is 618 Å². The van der Waals surface area contributed by atoms with E-state index in [0.717, 1.165) is 18.1 Å². The molecule has 28 N–H and O–H groups in total. The fourth-order valence-corrected chi connectivity index (χ4v) is 12.3. The SMILES string of the molecule is Cc1c(N)nc(C(CC(N)=O)NCC(N)C(N)=O)nc1C(=O)NC(C(=O)NC(C)C(O)C(C)C(=O)NC(C(=O)NCCc1nc(-c2nc(C(=O)NCCCN[C@@H](C)c3ccccc3)cs2)cs1)C(C)O)C(O[C@@H]1O[C@@H](CO)[C@@H](O)[C@H](O)[C@@H]1O[C@H]1O[C@H](CO)[C@H](O)[C@H](OC(N)=O)[C@@H]1O)c1cnc[nH]1.O=S(=O)(O)O. The summed E-state index contributed by atoms with van der Waals surface area (Å²) in [7, 11) is -4.67. The first-order valence-corrected chi connectivity index (χ1v) is 36.0. The van der Waals surface area contributed by atoms with Crippen LogP contribution in [0.15, 0.2) is 53.6 Å². The van der Waals surface area contributed by atoms with E-state index in [-0.39, 0.29) is 60.1 Å². The fourth-order valence-electron chi connectivity index (χ4n) is 10.7. The smallest absolute Gasteiger partial charge is 0.404 e. The molecule has 46 heteroatoms. The van der Waals surface area contributed by atoms with E-state index in [1.165, 1.54) is 50.4 Å². The normalized spacial score (nSPS) is 23.0. The topological polar surface area (TPSA) is 714 Å². The van der Waals surface area contributed by atoms with Crippen molar-refractivity contribution in [1.29, 1.82) is 0 Å². The van der Waals surface area contributed by atoms with E-state index in [1.54, 1.807) is 10.8 Å². The summed E-state index contributed by atoms with van der Waals surface area (Å²) in [6.07, 6.45) is -24.5. The first-order valence-electron chi connectivity index (χ1n) is 32.9. The zero-order valence-corrected chi connectivity index (χ0v) is 60.5. The number of hydrogen-bond acceptors (Lipinski definition) is 34. The molecule has 5 aromatic rings. The number of amides is 8. The number of nitrogens with two attached hydrogens (primary N) is 5. The first kappa shape index (κ1) is 87.3. The van der Waals surface area contributed by atoms with Gasteiger partial charge in [0.2, 0.25) is 29.5 Å². The minimum absolute atomic E-state index is 0.0169. The maximum Gasteiger partial charge on any atom is 0.404 e. The lowest BCUT2D eigenvalue weighted by Crippen LogP contribution is -2.65. The molecule has 20 atom stereocenters. The van der Waals surface area contributed by atoms with E-state index >= 15 is 4.79 Å². The molecular weight excluding hydrogens is 1480 g/mol. The van der Waals surface area contributed by atoms with Crippen LogP contribution in [0.4, 0.5) is 10.6 Å².